The summed E-state index contributed by atoms with van der Waals surface area (Å²) in [5, 5.41) is 9.55. The van der Waals surface area contributed by atoms with Gasteiger partial charge in [-0.25, -0.2) is 24.2 Å². The molecule has 34 heavy (non-hydrogen) atoms. The SMILES string of the molecule is COCCS(=O)NC1c2cccc(C3=NC(c4ccc(OC(C)C)c(C#N)c4)ON3)c2C2CC21. The van der Waals surface area contributed by atoms with Crippen LogP contribution >= 0.6 is 0 Å². The first-order chi connectivity index (χ1) is 16.5. The molecule has 2 aliphatic carbocycles. The van der Waals surface area contributed by atoms with Gasteiger partial charge >= 0.3 is 0 Å². The topological polar surface area (TPSA) is 105 Å². The Morgan fingerprint density at radius 3 is 2.97 bits per heavy atom. The van der Waals surface area contributed by atoms with Gasteiger partial charge < -0.3 is 9.47 Å². The van der Waals surface area contributed by atoms with Crippen LogP contribution in [0.2, 0.25) is 0 Å². The summed E-state index contributed by atoms with van der Waals surface area (Å²) in [4.78, 5) is 10.6. The van der Waals surface area contributed by atoms with Crippen molar-refractivity contribution < 1.29 is 18.5 Å². The second kappa shape index (κ2) is 9.47. The molecule has 0 spiro atoms. The lowest BCUT2D eigenvalue weighted by Crippen LogP contribution is -2.27. The van der Waals surface area contributed by atoms with Gasteiger partial charge in [0.2, 0.25) is 6.23 Å². The van der Waals surface area contributed by atoms with Crippen LogP contribution in [0.15, 0.2) is 41.4 Å². The number of ether oxygens (including phenoxy) is 2. The van der Waals surface area contributed by atoms with E-state index in [1.807, 2.05) is 26.0 Å². The number of hydroxylamine groups is 1. The first kappa shape index (κ1) is 23.0. The lowest BCUT2D eigenvalue weighted by atomic mass is 9.97. The number of rotatable bonds is 9. The van der Waals surface area contributed by atoms with Crippen molar-refractivity contribution in [3.05, 3.63) is 64.2 Å². The summed E-state index contributed by atoms with van der Waals surface area (Å²) in [6.07, 6.45) is 0.496. The van der Waals surface area contributed by atoms with E-state index < -0.39 is 17.2 Å². The first-order valence-electron chi connectivity index (χ1n) is 11.5. The van der Waals surface area contributed by atoms with Gasteiger partial charge in [0, 0.05) is 24.3 Å². The molecule has 5 unspecified atom stereocenters. The minimum absolute atomic E-state index is 0.0193. The molecule has 1 fully saturated rings. The van der Waals surface area contributed by atoms with Gasteiger partial charge in [-0.2, -0.15) is 5.26 Å². The monoisotopic (exact) mass is 480 g/mol. The molecule has 0 amide bonds. The van der Waals surface area contributed by atoms with Crippen LogP contribution in [0.25, 0.3) is 0 Å². The standard InChI is InChI=1S/C25H28N4O4S/c1-14(2)32-21-8-7-15(11-16(21)13-26)25-27-24(28-33-25)18-6-4-5-17-22(18)19-12-20(19)23(17)29-34(30)10-9-31-3/h4-8,11,14,19-20,23,25,29H,9-10,12H2,1-3H3,(H,27,28). The number of nitriles is 1. The summed E-state index contributed by atoms with van der Waals surface area (Å²) in [6.45, 7) is 4.32. The summed E-state index contributed by atoms with van der Waals surface area (Å²) in [5.74, 6) is 2.58. The maximum absolute atomic E-state index is 12.4. The largest absolute Gasteiger partial charge is 0.490 e. The minimum atomic E-state index is -1.14. The van der Waals surface area contributed by atoms with Gasteiger partial charge in [-0.3, -0.25) is 0 Å². The van der Waals surface area contributed by atoms with Crippen molar-refractivity contribution in [1.29, 1.82) is 5.26 Å². The van der Waals surface area contributed by atoms with Crippen LogP contribution in [0.5, 0.6) is 5.75 Å². The van der Waals surface area contributed by atoms with E-state index in [-0.39, 0.29) is 12.1 Å². The number of hydrogen-bond donors (Lipinski definition) is 2. The van der Waals surface area contributed by atoms with E-state index in [2.05, 4.69) is 28.4 Å². The van der Waals surface area contributed by atoms with Crippen molar-refractivity contribution in [2.24, 2.45) is 10.9 Å². The van der Waals surface area contributed by atoms with E-state index in [1.165, 1.54) is 11.1 Å². The maximum atomic E-state index is 12.4. The highest BCUT2D eigenvalue weighted by molar-refractivity contribution is 7.83. The van der Waals surface area contributed by atoms with Crippen molar-refractivity contribution in [3.63, 3.8) is 0 Å². The van der Waals surface area contributed by atoms with Crippen LogP contribution in [0.3, 0.4) is 0 Å². The zero-order valence-electron chi connectivity index (χ0n) is 19.4. The van der Waals surface area contributed by atoms with E-state index in [9.17, 15) is 9.47 Å². The lowest BCUT2D eigenvalue weighted by Gasteiger charge is -2.17. The summed E-state index contributed by atoms with van der Waals surface area (Å²) >= 11 is 0. The fourth-order valence-electron chi connectivity index (χ4n) is 4.82. The van der Waals surface area contributed by atoms with Crippen LogP contribution in [0.1, 0.15) is 66.3 Å². The second-order valence-electron chi connectivity index (χ2n) is 9.04. The summed E-state index contributed by atoms with van der Waals surface area (Å²) < 4.78 is 26.5. The number of methoxy groups -OCH3 is 1. The number of nitrogens with zero attached hydrogens (tertiary/aromatic N) is 2. The van der Waals surface area contributed by atoms with E-state index in [1.54, 1.807) is 19.2 Å². The van der Waals surface area contributed by atoms with Crippen LogP contribution in [-0.4, -0.2) is 35.6 Å². The molecule has 3 aliphatic rings. The van der Waals surface area contributed by atoms with Crippen LogP contribution in [-0.2, 0) is 20.6 Å². The van der Waals surface area contributed by atoms with Crippen molar-refractivity contribution in [2.75, 3.05) is 19.5 Å². The Labute approximate surface area is 201 Å². The molecule has 2 N–H and O–H groups in total. The average Bonchev–Trinajstić information content (AvgIpc) is 3.34. The van der Waals surface area contributed by atoms with Crippen LogP contribution in [0, 0.1) is 17.2 Å². The minimum Gasteiger partial charge on any atom is -0.490 e. The molecule has 0 bridgehead atoms. The fraction of sp³-hybridized carbons (Fsp3) is 0.440. The van der Waals surface area contributed by atoms with E-state index in [0.717, 1.165) is 17.5 Å². The van der Waals surface area contributed by atoms with Crippen molar-refractivity contribution >= 4 is 16.8 Å². The molecular weight excluding hydrogens is 452 g/mol. The molecule has 5 atom stereocenters. The molecule has 178 valence electrons. The molecular formula is C25H28N4O4S. The molecule has 1 heterocycles. The number of amidine groups is 1. The van der Waals surface area contributed by atoms with Gasteiger partial charge in [0.15, 0.2) is 5.84 Å². The average molecular weight is 481 g/mol. The van der Waals surface area contributed by atoms with E-state index in [0.29, 0.717) is 41.3 Å². The maximum Gasteiger partial charge on any atom is 0.202 e. The predicted octanol–water partition coefficient (Wildman–Crippen LogP) is 3.38. The van der Waals surface area contributed by atoms with Crippen molar-refractivity contribution in [2.45, 2.75) is 44.6 Å². The Kier molecular flexibility index (Phi) is 6.40. The molecule has 2 aromatic rings. The molecule has 2 aromatic carbocycles. The predicted molar refractivity (Wildman–Crippen MR) is 128 cm³/mol. The fourth-order valence-corrected chi connectivity index (χ4v) is 5.85. The zero-order valence-corrected chi connectivity index (χ0v) is 20.2. The molecule has 0 aromatic heterocycles. The highest BCUT2D eigenvalue weighted by Crippen LogP contribution is 2.62. The van der Waals surface area contributed by atoms with Gasteiger partial charge in [0.05, 0.1) is 35.0 Å². The Bertz CT molecular complexity index is 1190. The zero-order chi connectivity index (χ0) is 23.8. The van der Waals surface area contributed by atoms with Gasteiger partial charge in [0.25, 0.3) is 0 Å². The van der Waals surface area contributed by atoms with Crippen LogP contribution in [0.4, 0.5) is 0 Å². The molecule has 1 aliphatic heterocycles. The van der Waals surface area contributed by atoms with Crippen molar-refractivity contribution in [1.82, 2.24) is 10.2 Å². The second-order valence-corrected chi connectivity index (χ2v) is 10.4. The third-order valence-corrected chi connectivity index (χ3v) is 7.44. The lowest BCUT2D eigenvalue weighted by molar-refractivity contribution is 0.0376. The smallest absolute Gasteiger partial charge is 0.202 e. The molecule has 0 radical (unpaired) electrons. The molecule has 5 rings (SSSR count). The Balaban J connectivity index is 1.39. The molecule has 9 heteroatoms. The molecule has 1 saturated carbocycles. The van der Waals surface area contributed by atoms with Gasteiger partial charge in [-0.05, 0) is 55.4 Å². The number of aliphatic imine (C=N–C) groups is 1. The first-order valence-corrected chi connectivity index (χ1v) is 12.8. The summed E-state index contributed by atoms with van der Waals surface area (Å²) in [6, 6.07) is 13.9. The Morgan fingerprint density at radius 1 is 1.35 bits per heavy atom. The van der Waals surface area contributed by atoms with Crippen molar-refractivity contribution in [3.8, 4) is 11.8 Å². The normalized spacial score (nSPS) is 25.2. The van der Waals surface area contributed by atoms with E-state index >= 15 is 0 Å². The Hall–Kier alpha value is -2.77. The highest BCUT2D eigenvalue weighted by atomic mass is 32.2. The Morgan fingerprint density at radius 2 is 2.21 bits per heavy atom. The molecule has 0 saturated heterocycles. The number of hydrogen-bond acceptors (Lipinski definition) is 7. The summed E-state index contributed by atoms with van der Waals surface area (Å²) in [7, 11) is 0.474. The quantitative estimate of drug-likeness (QED) is 0.570. The van der Waals surface area contributed by atoms with E-state index in [4.69, 9.17) is 19.3 Å². The van der Waals surface area contributed by atoms with Gasteiger partial charge in [-0.1, -0.05) is 24.3 Å². The molecule has 8 nitrogen and oxygen atoms in total. The number of nitrogens with one attached hydrogen (secondary N) is 2. The van der Waals surface area contributed by atoms with Crippen LogP contribution < -0.4 is 14.9 Å². The number of benzene rings is 2. The van der Waals surface area contributed by atoms with Gasteiger partial charge in [0.1, 0.15) is 11.8 Å². The number of fused-ring (bicyclic) bond motifs is 3. The van der Waals surface area contributed by atoms with Gasteiger partial charge in [-0.15, -0.1) is 0 Å². The third-order valence-electron chi connectivity index (χ3n) is 6.39. The summed E-state index contributed by atoms with van der Waals surface area (Å²) in [5.41, 5.74) is 7.67. The highest BCUT2D eigenvalue weighted by Gasteiger charge is 2.53. The third kappa shape index (κ3) is 4.34.